The summed E-state index contributed by atoms with van der Waals surface area (Å²) in [5.74, 6) is 1.32. The van der Waals surface area contributed by atoms with Gasteiger partial charge in [-0.05, 0) is 40.4 Å². The Morgan fingerprint density at radius 2 is 2.00 bits per heavy atom. The number of hydrogen-bond donors (Lipinski definition) is 1. The standard InChI is InChI=1S/C12H17BrOS/c1-9(2)7-10(14)8-15-12-6-4-3-5-11(12)13/h3-6,9-10,14H,7-8H2,1-2H3. The number of rotatable bonds is 5. The predicted octanol–water partition coefficient (Wildman–Crippen LogP) is 3.95. The minimum absolute atomic E-state index is 0.206. The fraction of sp³-hybridized carbons (Fsp3) is 0.500. The second-order valence-corrected chi connectivity index (χ2v) is 5.94. The van der Waals surface area contributed by atoms with Gasteiger partial charge in [0.25, 0.3) is 0 Å². The summed E-state index contributed by atoms with van der Waals surface area (Å²) in [6.45, 7) is 4.26. The Kier molecular flexibility index (Phi) is 5.72. The van der Waals surface area contributed by atoms with E-state index in [-0.39, 0.29) is 6.10 Å². The van der Waals surface area contributed by atoms with Gasteiger partial charge in [0.1, 0.15) is 0 Å². The highest BCUT2D eigenvalue weighted by atomic mass is 79.9. The molecule has 84 valence electrons. The van der Waals surface area contributed by atoms with Crippen LogP contribution in [0.25, 0.3) is 0 Å². The lowest BCUT2D eigenvalue weighted by Gasteiger charge is -2.12. The third-order valence-corrected chi connectivity index (χ3v) is 4.18. The molecule has 0 amide bonds. The van der Waals surface area contributed by atoms with E-state index in [1.54, 1.807) is 11.8 Å². The van der Waals surface area contributed by atoms with Crippen LogP contribution in [0.5, 0.6) is 0 Å². The van der Waals surface area contributed by atoms with Crippen molar-refractivity contribution in [2.24, 2.45) is 5.92 Å². The molecular formula is C12H17BrOS. The first-order chi connectivity index (χ1) is 7.09. The lowest BCUT2D eigenvalue weighted by atomic mass is 10.1. The summed E-state index contributed by atoms with van der Waals surface area (Å²) in [6.07, 6.45) is 0.666. The average Bonchev–Trinajstić information content (AvgIpc) is 2.15. The maximum absolute atomic E-state index is 9.74. The quantitative estimate of drug-likeness (QED) is 0.828. The molecule has 1 N–H and O–H groups in total. The van der Waals surface area contributed by atoms with Gasteiger partial charge in [0, 0.05) is 15.1 Å². The Labute approximate surface area is 104 Å². The van der Waals surface area contributed by atoms with Crippen LogP contribution in [-0.2, 0) is 0 Å². The second-order valence-electron chi connectivity index (χ2n) is 4.02. The third-order valence-electron chi connectivity index (χ3n) is 2.01. The fourth-order valence-electron chi connectivity index (χ4n) is 1.36. The average molecular weight is 289 g/mol. The molecule has 1 rings (SSSR count). The molecule has 0 aliphatic rings. The maximum atomic E-state index is 9.74. The monoisotopic (exact) mass is 288 g/mol. The summed E-state index contributed by atoms with van der Waals surface area (Å²) in [5, 5.41) is 9.74. The van der Waals surface area contributed by atoms with Crippen LogP contribution < -0.4 is 0 Å². The van der Waals surface area contributed by atoms with Crippen molar-refractivity contribution in [2.45, 2.75) is 31.3 Å². The van der Waals surface area contributed by atoms with Gasteiger partial charge >= 0.3 is 0 Å². The van der Waals surface area contributed by atoms with Gasteiger partial charge in [-0.1, -0.05) is 26.0 Å². The van der Waals surface area contributed by atoms with Crippen LogP contribution in [0.4, 0.5) is 0 Å². The van der Waals surface area contributed by atoms with Crippen molar-refractivity contribution < 1.29 is 5.11 Å². The van der Waals surface area contributed by atoms with E-state index in [0.29, 0.717) is 5.92 Å². The SMILES string of the molecule is CC(C)CC(O)CSc1ccccc1Br. The Morgan fingerprint density at radius 1 is 1.33 bits per heavy atom. The number of halogens is 1. The summed E-state index contributed by atoms with van der Waals surface area (Å²) >= 11 is 5.20. The molecule has 0 radical (unpaired) electrons. The van der Waals surface area contributed by atoms with E-state index < -0.39 is 0 Å². The van der Waals surface area contributed by atoms with E-state index in [2.05, 4.69) is 35.8 Å². The van der Waals surface area contributed by atoms with Crippen LogP contribution in [0, 0.1) is 5.92 Å². The van der Waals surface area contributed by atoms with E-state index in [4.69, 9.17) is 0 Å². The summed E-state index contributed by atoms with van der Waals surface area (Å²) in [5.41, 5.74) is 0. The van der Waals surface area contributed by atoms with Crippen molar-refractivity contribution in [3.63, 3.8) is 0 Å². The van der Waals surface area contributed by atoms with Crippen molar-refractivity contribution in [1.29, 1.82) is 0 Å². The van der Waals surface area contributed by atoms with Crippen molar-refractivity contribution >= 4 is 27.7 Å². The Bertz CT molecular complexity index is 301. The van der Waals surface area contributed by atoms with Crippen LogP contribution in [0.1, 0.15) is 20.3 Å². The van der Waals surface area contributed by atoms with Crippen LogP contribution in [0.2, 0.25) is 0 Å². The molecule has 1 nitrogen and oxygen atoms in total. The first-order valence-corrected chi connectivity index (χ1v) is 6.93. The number of thioether (sulfide) groups is 1. The van der Waals surface area contributed by atoms with E-state index in [1.807, 2.05) is 18.2 Å². The lowest BCUT2D eigenvalue weighted by molar-refractivity contribution is 0.172. The topological polar surface area (TPSA) is 20.2 Å². The first kappa shape index (κ1) is 13.1. The lowest BCUT2D eigenvalue weighted by Crippen LogP contribution is -2.12. The zero-order chi connectivity index (χ0) is 11.3. The summed E-state index contributed by atoms with van der Waals surface area (Å²) < 4.78 is 1.10. The van der Waals surface area contributed by atoms with Crippen LogP contribution in [-0.4, -0.2) is 17.0 Å². The Morgan fingerprint density at radius 3 is 2.60 bits per heavy atom. The molecule has 0 fully saturated rings. The highest BCUT2D eigenvalue weighted by molar-refractivity contribution is 9.10. The third kappa shape index (κ3) is 5.05. The van der Waals surface area contributed by atoms with Crippen molar-refractivity contribution in [2.75, 3.05) is 5.75 Å². The Balaban J connectivity index is 2.40. The molecule has 15 heavy (non-hydrogen) atoms. The minimum atomic E-state index is -0.206. The number of aliphatic hydroxyl groups is 1. The molecule has 3 heteroatoms. The molecule has 1 aromatic rings. The van der Waals surface area contributed by atoms with Crippen molar-refractivity contribution in [3.05, 3.63) is 28.7 Å². The molecular weight excluding hydrogens is 272 g/mol. The van der Waals surface area contributed by atoms with Crippen LogP contribution in [0.3, 0.4) is 0 Å². The second kappa shape index (κ2) is 6.56. The fourth-order valence-corrected chi connectivity index (χ4v) is 2.88. The highest BCUT2D eigenvalue weighted by Crippen LogP contribution is 2.28. The zero-order valence-electron chi connectivity index (χ0n) is 9.11. The molecule has 0 aliphatic carbocycles. The van der Waals surface area contributed by atoms with Gasteiger partial charge in [0.2, 0.25) is 0 Å². The van der Waals surface area contributed by atoms with Gasteiger partial charge in [0.15, 0.2) is 0 Å². The molecule has 1 aromatic carbocycles. The molecule has 0 bridgehead atoms. The Hall–Kier alpha value is 0.01000. The number of hydrogen-bond acceptors (Lipinski definition) is 2. The summed E-state index contributed by atoms with van der Waals surface area (Å²) in [7, 11) is 0. The van der Waals surface area contributed by atoms with Gasteiger partial charge in [-0.25, -0.2) is 0 Å². The smallest absolute Gasteiger partial charge is 0.0636 e. The van der Waals surface area contributed by atoms with Gasteiger partial charge in [-0.2, -0.15) is 0 Å². The number of benzene rings is 1. The zero-order valence-corrected chi connectivity index (χ0v) is 11.5. The highest BCUT2D eigenvalue weighted by Gasteiger charge is 2.08. The molecule has 1 atom stereocenters. The van der Waals surface area contributed by atoms with Gasteiger partial charge in [-0.3, -0.25) is 0 Å². The van der Waals surface area contributed by atoms with Crippen LogP contribution >= 0.6 is 27.7 Å². The normalized spacial score (nSPS) is 13.1. The van der Waals surface area contributed by atoms with E-state index in [9.17, 15) is 5.11 Å². The molecule has 0 spiro atoms. The number of aliphatic hydroxyl groups excluding tert-OH is 1. The molecule has 0 aromatic heterocycles. The van der Waals surface area contributed by atoms with Gasteiger partial charge < -0.3 is 5.11 Å². The molecule has 0 aliphatic heterocycles. The minimum Gasteiger partial charge on any atom is -0.392 e. The summed E-state index contributed by atoms with van der Waals surface area (Å²) in [6, 6.07) is 8.11. The first-order valence-electron chi connectivity index (χ1n) is 5.15. The van der Waals surface area contributed by atoms with Crippen LogP contribution in [0.15, 0.2) is 33.6 Å². The largest absolute Gasteiger partial charge is 0.392 e. The summed E-state index contributed by atoms with van der Waals surface area (Å²) in [4.78, 5) is 1.19. The molecule has 0 saturated heterocycles. The van der Waals surface area contributed by atoms with E-state index in [0.717, 1.165) is 16.6 Å². The van der Waals surface area contributed by atoms with Crippen molar-refractivity contribution in [1.82, 2.24) is 0 Å². The van der Waals surface area contributed by atoms with E-state index in [1.165, 1.54) is 4.90 Å². The van der Waals surface area contributed by atoms with Gasteiger partial charge in [-0.15, -0.1) is 11.8 Å². The van der Waals surface area contributed by atoms with E-state index >= 15 is 0 Å². The molecule has 0 heterocycles. The maximum Gasteiger partial charge on any atom is 0.0636 e. The molecule has 1 unspecified atom stereocenters. The predicted molar refractivity (Wildman–Crippen MR) is 70.3 cm³/mol. The van der Waals surface area contributed by atoms with Crippen molar-refractivity contribution in [3.8, 4) is 0 Å². The van der Waals surface area contributed by atoms with Gasteiger partial charge in [0.05, 0.1) is 6.10 Å². The molecule has 0 saturated carbocycles.